The number of benzene rings is 10. The van der Waals surface area contributed by atoms with E-state index >= 15 is 0 Å². The van der Waals surface area contributed by atoms with Crippen LogP contribution in [0.4, 0.5) is 0 Å². The van der Waals surface area contributed by atoms with Crippen molar-refractivity contribution in [2.75, 3.05) is 0 Å². The van der Waals surface area contributed by atoms with Gasteiger partial charge in [-0.25, -0.2) is 0 Å². The minimum atomic E-state index is -2.67. The van der Waals surface area contributed by atoms with Gasteiger partial charge in [-0.05, 0) is 85.5 Å². The summed E-state index contributed by atoms with van der Waals surface area (Å²) in [5.74, 6) is 2.51. The van der Waals surface area contributed by atoms with Crippen molar-refractivity contribution in [3.05, 3.63) is 243 Å². The summed E-state index contributed by atoms with van der Waals surface area (Å²) in [5, 5.41) is 7.90. The Balaban J connectivity index is 0.932. The van der Waals surface area contributed by atoms with E-state index in [1.807, 2.05) is 0 Å². The highest BCUT2D eigenvalue weighted by atomic mass is 28.3. The van der Waals surface area contributed by atoms with Gasteiger partial charge in [0.15, 0.2) is 8.07 Å². The molecular weight excluding hydrogens is 806 g/mol. The van der Waals surface area contributed by atoms with Crippen molar-refractivity contribution in [3.63, 3.8) is 0 Å². The molecule has 13 rings (SSSR count). The molecule has 10 aromatic carbocycles. The van der Waals surface area contributed by atoms with Crippen molar-refractivity contribution in [1.82, 2.24) is 4.57 Å². The molecule has 11 aromatic rings. The van der Waals surface area contributed by atoms with E-state index in [9.17, 15) is 0 Å². The minimum absolute atomic E-state index is 0.343. The van der Waals surface area contributed by atoms with Gasteiger partial charge in [-0.1, -0.05) is 200 Å². The van der Waals surface area contributed by atoms with E-state index in [4.69, 9.17) is 9.39 Å². The Kier molecular flexibility index (Phi) is 8.65. The summed E-state index contributed by atoms with van der Waals surface area (Å²) in [6.07, 6.45) is 0. The average Bonchev–Trinajstić information content (AvgIpc) is 3.72. The molecule has 3 heterocycles. The van der Waals surface area contributed by atoms with E-state index in [1.54, 1.807) is 0 Å². The van der Waals surface area contributed by atoms with Crippen LogP contribution in [0.5, 0.6) is 17.2 Å². The molecule has 1 aromatic heterocycles. The average molecular weight is 846 g/mol. The molecule has 65 heavy (non-hydrogen) atoms. The summed E-state index contributed by atoms with van der Waals surface area (Å²) < 4.78 is 16.4. The van der Waals surface area contributed by atoms with Crippen molar-refractivity contribution in [3.8, 4) is 56.3 Å². The third kappa shape index (κ3) is 5.83. The van der Waals surface area contributed by atoms with Crippen LogP contribution in [0.15, 0.2) is 243 Å². The molecule has 0 N–H and O–H groups in total. The third-order valence-corrected chi connectivity index (χ3v) is 18.4. The fourth-order valence-electron chi connectivity index (χ4n) is 10.8. The van der Waals surface area contributed by atoms with Crippen LogP contribution >= 0.6 is 0 Å². The molecule has 5 heteroatoms. The number of aromatic nitrogens is 1. The first-order chi connectivity index (χ1) is 32.2. The highest BCUT2D eigenvalue weighted by Crippen LogP contribution is 2.43. The molecule has 0 atom stereocenters. The number of hydrogen-bond donors (Lipinski definition) is 0. The molecule has 0 amide bonds. The lowest BCUT2D eigenvalue weighted by Crippen LogP contribution is -2.74. The quantitative estimate of drug-likeness (QED) is 0.118. The summed E-state index contributed by atoms with van der Waals surface area (Å²) in [6.45, 7) is -0.343. The topological polar surface area (TPSA) is 23.4 Å². The van der Waals surface area contributed by atoms with Gasteiger partial charge in [-0.15, -0.1) is 0 Å². The van der Waals surface area contributed by atoms with Crippen molar-refractivity contribution >= 4 is 68.5 Å². The van der Waals surface area contributed by atoms with E-state index < -0.39 is 8.07 Å². The molecule has 0 unspecified atom stereocenters. The number of hydrogen-bond acceptors (Lipinski definition) is 2. The van der Waals surface area contributed by atoms with Gasteiger partial charge >= 0.3 is 6.92 Å². The van der Waals surface area contributed by atoms with Crippen LogP contribution in [0, 0.1) is 0 Å². The summed E-state index contributed by atoms with van der Waals surface area (Å²) in [7, 11) is -2.67. The second-order valence-electron chi connectivity index (χ2n) is 17.1. The standard InChI is InChI=1S/C60H40BNO2Si/c1-4-18-44(19-5-1)65(45-20-6-2-7-21-45,46-22-8-3-9-23-46)47-35-32-41(33-36-47)43-38-52-51-27-13-17-31-57(51)64-61-53-39-42(34-37-58(53)63-59(40-43)60(52)61)48-24-10-14-28-54(48)62-55-29-15-11-25-49(55)50-26-12-16-30-56(50)62/h1-40H. The van der Waals surface area contributed by atoms with Crippen LogP contribution in [-0.4, -0.2) is 19.6 Å². The monoisotopic (exact) mass is 845 g/mol. The normalized spacial score (nSPS) is 12.5. The Labute approximate surface area is 379 Å². The molecule has 0 saturated carbocycles. The van der Waals surface area contributed by atoms with Gasteiger partial charge < -0.3 is 14.0 Å². The molecule has 0 aliphatic carbocycles. The Morgan fingerprint density at radius 2 is 0.877 bits per heavy atom. The van der Waals surface area contributed by atoms with Crippen LogP contribution in [0.25, 0.3) is 60.9 Å². The first kappa shape index (κ1) is 37.4. The van der Waals surface area contributed by atoms with Gasteiger partial charge in [0.1, 0.15) is 17.2 Å². The first-order valence-electron chi connectivity index (χ1n) is 22.4. The molecular formula is C60H40BNO2Si. The Hall–Kier alpha value is -8.12. The van der Waals surface area contributed by atoms with Gasteiger partial charge in [0.25, 0.3) is 0 Å². The number of rotatable bonds is 7. The van der Waals surface area contributed by atoms with E-state index in [1.165, 1.54) is 42.6 Å². The van der Waals surface area contributed by atoms with Gasteiger partial charge in [-0.2, -0.15) is 0 Å². The lowest BCUT2D eigenvalue weighted by Gasteiger charge is -2.34. The maximum atomic E-state index is 7.02. The highest BCUT2D eigenvalue weighted by molar-refractivity contribution is 7.19. The number of para-hydroxylation sites is 4. The van der Waals surface area contributed by atoms with Crippen molar-refractivity contribution < 1.29 is 9.39 Å². The zero-order valence-electron chi connectivity index (χ0n) is 35.4. The van der Waals surface area contributed by atoms with Crippen LogP contribution < -0.4 is 41.1 Å². The number of fused-ring (bicyclic) bond motifs is 7. The fourth-order valence-corrected chi connectivity index (χ4v) is 15.5. The van der Waals surface area contributed by atoms with E-state index in [2.05, 4.69) is 247 Å². The molecule has 0 fully saturated rings. The molecule has 0 radical (unpaired) electrons. The van der Waals surface area contributed by atoms with Crippen LogP contribution in [0.3, 0.4) is 0 Å². The van der Waals surface area contributed by atoms with Crippen molar-refractivity contribution in [1.29, 1.82) is 0 Å². The zero-order chi connectivity index (χ0) is 42.9. The van der Waals surface area contributed by atoms with Crippen LogP contribution in [0.1, 0.15) is 0 Å². The fraction of sp³-hybridized carbons (Fsp3) is 0. The van der Waals surface area contributed by atoms with Crippen molar-refractivity contribution in [2.24, 2.45) is 0 Å². The van der Waals surface area contributed by atoms with Gasteiger partial charge in [0.2, 0.25) is 0 Å². The minimum Gasteiger partial charge on any atom is -0.551 e. The zero-order valence-corrected chi connectivity index (χ0v) is 36.4. The molecule has 2 aliphatic rings. The summed E-state index contributed by atoms with van der Waals surface area (Å²) in [5.41, 5.74) is 12.3. The van der Waals surface area contributed by atoms with Gasteiger partial charge in [-0.3, -0.25) is 0 Å². The summed E-state index contributed by atoms with van der Waals surface area (Å²) in [4.78, 5) is 0. The van der Waals surface area contributed by atoms with Gasteiger partial charge in [0, 0.05) is 32.8 Å². The SMILES string of the molecule is c1ccc([Si](c2ccccc2)(c2ccccc2)c2ccc(-c3cc4c5c(c3)-c3ccccc3OB5c3cc(-c5ccccc5-n5c6ccccc6c6ccccc65)ccc3O4)cc2)cc1. The molecule has 2 aliphatic heterocycles. The molecule has 304 valence electrons. The second kappa shape index (κ2) is 15.0. The maximum absolute atomic E-state index is 7.02. The molecule has 0 saturated heterocycles. The largest absolute Gasteiger partial charge is 0.551 e. The lowest BCUT2D eigenvalue weighted by atomic mass is 9.50. The molecule has 0 bridgehead atoms. The number of nitrogens with zero attached hydrogens (tertiary/aromatic N) is 1. The first-order valence-corrected chi connectivity index (χ1v) is 24.4. The lowest BCUT2D eigenvalue weighted by molar-refractivity contribution is 0.479. The Bertz CT molecular complexity index is 3460. The van der Waals surface area contributed by atoms with Crippen LogP contribution in [-0.2, 0) is 0 Å². The third-order valence-electron chi connectivity index (χ3n) is 13.6. The Morgan fingerprint density at radius 3 is 1.52 bits per heavy atom. The maximum Gasteiger partial charge on any atom is 0.434 e. The molecule has 0 spiro atoms. The summed E-state index contributed by atoms with van der Waals surface area (Å²) in [6, 6.07) is 88.3. The smallest absolute Gasteiger partial charge is 0.434 e. The predicted octanol–water partition coefficient (Wildman–Crippen LogP) is 10.8. The van der Waals surface area contributed by atoms with E-state index in [0.717, 1.165) is 67.2 Å². The van der Waals surface area contributed by atoms with E-state index in [0.29, 0.717) is 0 Å². The molecule has 3 nitrogen and oxygen atoms in total. The van der Waals surface area contributed by atoms with Crippen molar-refractivity contribution in [2.45, 2.75) is 0 Å². The highest BCUT2D eigenvalue weighted by Gasteiger charge is 2.43. The summed E-state index contributed by atoms with van der Waals surface area (Å²) >= 11 is 0. The van der Waals surface area contributed by atoms with Crippen LogP contribution in [0.2, 0.25) is 0 Å². The van der Waals surface area contributed by atoms with E-state index in [-0.39, 0.29) is 6.92 Å². The number of ether oxygens (including phenoxy) is 1. The predicted molar refractivity (Wildman–Crippen MR) is 273 cm³/mol. The Morgan fingerprint density at radius 1 is 0.354 bits per heavy atom. The second-order valence-corrected chi connectivity index (χ2v) is 20.9. The van der Waals surface area contributed by atoms with Gasteiger partial charge in [0.05, 0.1) is 16.7 Å².